The molecule has 1 heterocycles. The molecule has 0 aliphatic carbocycles. The van der Waals surface area contributed by atoms with E-state index in [1.54, 1.807) is 12.1 Å². The molecule has 0 aliphatic heterocycles. The summed E-state index contributed by atoms with van der Waals surface area (Å²) in [5.41, 5.74) is 2.14. The van der Waals surface area contributed by atoms with Crippen molar-refractivity contribution in [1.82, 2.24) is 15.3 Å². The number of nitrogens with one attached hydrogen (secondary N) is 3. The number of methoxy groups -OCH3 is 2. The number of amides is 1. The van der Waals surface area contributed by atoms with Gasteiger partial charge < -0.3 is 14.8 Å². The van der Waals surface area contributed by atoms with Gasteiger partial charge in [-0.2, -0.15) is 9.97 Å². The Morgan fingerprint density at radius 3 is 2.25 bits per heavy atom. The second-order valence-electron chi connectivity index (χ2n) is 8.12. The highest BCUT2D eigenvalue weighted by atomic mass is 32.2. The maximum atomic E-state index is 12.8. The third kappa shape index (κ3) is 7.36. The smallest absolute Gasteiger partial charge is 0.321 e. The minimum Gasteiger partial charge on any atom is -0.481 e. The monoisotopic (exact) mass is 529 g/mol. The molecule has 190 valence electrons. The fourth-order valence-corrected chi connectivity index (χ4v) is 4.37. The van der Waals surface area contributed by atoms with Crippen molar-refractivity contribution in [3.63, 3.8) is 0 Å². The van der Waals surface area contributed by atoms with E-state index >= 15 is 0 Å². The summed E-state index contributed by atoms with van der Waals surface area (Å²) in [6.45, 7) is 4.27. The summed E-state index contributed by atoms with van der Waals surface area (Å²) in [5, 5.41) is 5.57. The first-order valence-electron chi connectivity index (χ1n) is 10.9. The van der Waals surface area contributed by atoms with Crippen LogP contribution in [0.2, 0.25) is 0 Å². The first kappa shape index (κ1) is 26.8. The number of ether oxygens (including phenoxy) is 2. The van der Waals surface area contributed by atoms with E-state index in [0.717, 1.165) is 12.0 Å². The summed E-state index contributed by atoms with van der Waals surface area (Å²) in [6, 6.07) is 14.5. The molecule has 0 unspecified atom stereocenters. The summed E-state index contributed by atoms with van der Waals surface area (Å²) in [4.78, 5) is 20.4. The predicted molar refractivity (Wildman–Crippen MR) is 141 cm³/mol. The third-order valence-corrected chi connectivity index (χ3v) is 6.40. The zero-order chi connectivity index (χ0) is 26.3. The number of sulfonamides is 1. The first-order valence-corrected chi connectivity index (χ1v) is 12.8. The number of nitrogens with zero attached hydrogens (tertiary/aromatic N) is 2. The average Bonchev–Trinajstić information content (AvgIpc) is 2.83. The van der Waals surface area contributed by atoms with E-state index in [9.17, 15) is 13.2 Å². The fraction of sp³-hybridized carbons (Fsp3) is 0.250. The molecule has 1 amide bonds. The number of carbonyl (C=O) groups excluding carboxylic acids is 1. The van der Waals surface area contributed by atoms with Gasteiger partial charge in [0.1, 0.15) is 0 Å². The predicted octanol–water partition coefficient (Wildman–Crippen LogP) is 3.62. The maximum Gasteiger partial charge on any atom is 0.321 e. The molecule has 1 aromatic heterocycles. The van der Waals surface area contributed by atoms with Crippen LogP contribution in [0.15, 0.2) is 59.5 Å². The fourth-order valence-electron chi connectivity index (χ4n) is 3.17. The zero-order valence-electron chi connectivity index (χ0n) is 20.2. The van der Waals surface area contributed by atoms with Crippen molar-refractivity contribution < 1.29 is 22.7 Å². The van der Waals surface area contributed by atoms with Gasteiger partial charge in [0.15, 0.2) is 10.9 Å². The number of carbonyl (C=O) groups is 1. The number of benzene rings is 2. The third-order valence-electron chi connectivity index (χ3n) is 4.82. The second kappa shape index (κ2) is 11.8. The van der Waals surface area contributed by atoms with E-state index in [1.807, 2.05) is 12.1 Å². The number of hydrogen-bond acceptors (Lipinski definition) is 8. The number of rotatable bonds is 9. The molecule has 0 saturated heterocycles. The highest BCUT2D eigenvalue weighted by Gasteiger charge is 2.17. The first-order chi connectivity index (χ1) is 17.1. The number of anilines is 2. The van der Waals surface area contributed by atoms with Crippen molar-refractivity contribution in [2.24, 2.45) is 5.92 Å². The van der Waals surface area contributed by atoms with Crippen LogP contribution in [-0.4, -0.2) is 43.6 Å². The minimum atomic E-state index is -3.96. The van der Waals surface area contributed by atoms with Gasteiger partial charge in [-0.15, -0.1) is 0 Å². The molecule has 2 aromatic carbocycles. The van der Waals surface area contributed by atoms with E-state index in [4.69, 9.17) is 21.7 Å². The number of thiocarbonyl (C=S) groups is 1. The van der Waals surface area contributed by atoms with E-state index in [1.165, 1.54) is 44.6 Å². The lowest BCUT2D eigenvalue weighted by molar-refractivity contribution is 0.0977. The van der Waals surface area contributed by atoms with Crippen LogP contribution >= 0.6 is 12.2 Å². The summed E-state index contributed by atoms with van der Waals surface area (Å²) >= 11 is 5.22. The topological polar surface area (TPSA) is 132 Å². The lowest BCUT2D eigenvalue weighted by Gasteiger charge is -2.12. The molecule has 12 heteroatoms. The second-order valence-corrected chi connectivity index (χ2v) is 10.2. The van der Waals surface area contributed by atoms with Crippen LogP contribution in [0.1, 0.15) is 29.8 Å². The van der Waals surface area contributed by atoms with Crippen LogP contribution in [0.4, 0.5) is 11.5 Å². The van der Waals surface area contributed by atoms with Crippen molar-refractivity contribution in [3.05, 3.63) is 65.7 Å². The van der Waals surface area contributed by atoms with Crippen LogP contribution in [-0.2, 0) is 16.4 Å². The van der Waals surface area contributed by atoms with Crippen molar-refractivity contribution in [3.8, 4) is 11.9 Å². The van der Waals surface area contributed by atoms with Gasteiger partial charge in [0.05, 0.1) is 19.1 Å². The molecule has 0 saturated carbocycles. The lowest BCUT2D eigenvalue weighted by atomic mass is 10.0. The van der Waals surface area contributed by atoms with Gasteiger partial charge in [-0.1, -0.05) is 26.0 Å². The molecule has 3 rings (SSSR count). The molecule has 10 nitrogen and oxygen atoms in total. The van der Waals surface area contributed by atoms with Crippen molar-refractivity contribution in [2.75, 3.05) is 24.3 Å². The number of hydrogen-bond donors (Lipinski definition) is 3. The summed E-state index contributed by atoms with van der Waals surface area (Å²) in [7, 11) is -1.21. The van der Waals surface area contributed by atoms with Crippen molar-refractivity contribution in [2.45, 2.75) is 25.2 Å². The standard InChI is InChI=1S/C24H27N5O5S2/c1-15(2)13-16-5-7-17(8-6-16)22(30)28-24(35)25-18-9-11-19(12-10-18)36(31,32)29-20-14-21(33-3)27-23(26-20)34-4/h5-12,14-15H,13H2,1-4H3,(H,26,27,29)(H2,25,28,30,35). The van der Waals surface area contributed by atoms with E-state index < -0.39 is 10.0 Å². The van der Waals surface area contributed by atoms with Gasteiger partial charge in [-0.05, 0) is 66.5 Å². The minimum absolute atomic E-state index is 0.0120. The molecule has 3 N–H and O–H groups in total. The van der Waals surface area contributed by atoms with Crippen LogP contribution < -0.4 is 24.8 Å². The zero-order valence-corrected chi connectivity index (χ0v) is 21.9. The van der Waals surface area contributed by atoms with E-state index in [-0.39, 0.29) is 33.6 Å². The Morgan fingerprint density at radius 2 is 1.67 bits per heavy atom. The molecule has 0 bridgehead atoms. The van der Waals surface area contributed by atoms with E-state index in [2.05, 4.69) is 39.2 Å². The van der Waals surface area contributed by atoms with Gasteiger partial charge >= 0.3 is 6.01 Å². The Kier molecular flexibility index (Phi) is 8.78. The molecule has 36 heavy (non-hydrogen) atoms. The Balaban J connectivity index is 1.61. The Labute approximate surface area is 215 Å². The van der Waals surface area contributed by atoms with Crippen molar-refractivity contribution in [1.29, 1.82) is 0 Å². The molecule has 0 atom stereocenters. The number of aromatic nitrogens is 2. The van der Waals surface area contributed by atoms with E-state index in [0.29, 0.717) is 17.2 Å². The molecular weight excluding hydrogens is 502 g/mol. The lowest BCUT2D eigenvalue weighted by Crippen LogP contribution is -2.34. The Bertz CT molecular complexity index is 1310. The van der Waals surface area contributed by atoms with Crippen LogP contribution in [0.3, 0.4) is 0 Å². The van der Waals surface area contributed by atoms with Gasteiger partial charge in [0.25, 0.3) is 15.9 Å². The van der Waals surface area contributed by atoms with Gasteiger partial charge in [0.2, 0.25) is 5.88 Å². The maximum absolute atomic E-state index is 12.8. The SMILES string of the molecule is COc1cc(NS(=O)(=O)c2ccc(NC(=S)NC(=O)c3ccc(CC(C)C)cc3)cc2)nc(OC)n1. The highest BCUT2D eigenvalue weighted by molar-refractivity contribution is 7.92. The Hall–Kier alpha value is -3.77. The van der Waals surface area contributed by atoms with Gasteiger partial charge in [0, 0.05) is 17.3 Å². The molecule has 0 aliphatic rings. The summed E-state index contributed by atoms with van der Waals surface area (Å²) in [6.07, 6.45) is 0.935. The molecule has 3 aromatic rings. The van der Waals surface area contributed by atoms with Crippen LogP contribution in [0.5, 0.6) is 11.9 Å². The van der Waals surface area contributed by atoms with Gasteiger partial charge in [-0.25, -0.2) is 8.42 Å². The summed E-state index contributed by atoms with van der Waals surface area (Å²) < 4.78 is 37.9. The molecule has 0 radical (unpaired) electrons. The quantitative estimate of drug-likeness (QED) is 0.356. The molecule has 0 fully saturated rings. The molecular formula is C24H27N5O5S2. The Morgan fingerprint density at radius 1 is 1.00 bits per heavy atom. The van der Waals surface area contributed by atoms with Crippen molar-refractivity contribution >= 4 is 44.8 Å². The normalized spacial score (nSPS) is 11.0. The summed E-state index contributed by atoms with van der Waals surface area (Å²) in [5.74, 6) is 0.309. The van der Waals surface area contributed by atoms with Crippen LogP contribution in [0.25, 0.3) is 0 Å². The highest BCUT2D eigenvalue weighted by Crippen LogP contribution is 2.21. The van der Waals surface area contributed by atoms with Gasteiger partial charge in [-0.3, -0.25) is 14.8 Å². The van der Waals surface area contributed by atoms with Crippen LogP contribution in [0, 0.1) is 5.92 Å². The largest absolute Gasteiger partial charge is 0.481 e. The molecule has 0 spiro atoms. The average molecular weight is 530 g/mol.